The Bertz CT molecular complexity index is 623. The Hall–Kier alpha value is -1.50. The van der Waals surface area contributed by atoms with Crippen molar-refractivity contribution in [1.29, 1.82) is 0 Å². The van der Waals surface area contributed by atoms with E-state index in [4.69, 9.17) is 16.3 Å². The molecule has 1 amide bonds. The molecule has 1 fully saturated rings. The lowest BCUT2D eigenvalue weighted by molar-refractivity contribution is 0.0861. The molecule has 0 aliphatic carbocycles. The molecule has 0 unspecified atom stereocenters. The fourth-order valence-corrected chi connectivity index (χ4v) is 2.96. The molecule has 1 atom stereocenters. The lowest BCUT2D eigenvalue weighted by Crippen LogP contribution is -2.31. The van der Waals surface area contributed by atoms with Gasteiger partial charge in [-0.3, -0.25) is 4.79 Å². The van der Waals surface area contributed by atoms with Gasteiger partial charge in [-0.15, -0.1) is 5.10 Å². The molecule has 0 radical (unpaired) electrons. The normalized spacial score (nSPS) is 17.9. The van der Waals surface area contributed by atoms with Gasteiger partial charge in [0.25, 0.3) is 5.91 Å². The molecule has 5 nitrogen and oxygen atoms in total. The van der Waals surface area contributed by atoms with Gasteiger partial charge in [-0.05, 0) is 36.5 Å². The number of aromatic nitrogens is 2. The quantitative estimate of drug-likeness (QED) is 0.939. The van der Waals surface area contributed by atoms with Gasteiger partial charge in [0.2, 0.25) is 0 Å². The second-order valence-corrected chi connectivity index (χ2v) is 5.99. The van der Waals surface area contributed by atoms with Crippen molar-refractivity contribution < 1.29 is 9.53 Å². The summed E-state index contributed by atoms with van der Waals surface area (Å²) in [4.78, 5) is 12.8. The van der Waals surface area contributed by atoms with Gasteiger partial charge in [-0.25, -0.2) is 0 Å². The van der Waals surface area contributed by atoms with Gasteiger partial charge in [0.05, 0.1) is 6.10 Å². The molecule has 1 aromatic carbocycles. The van der Waals surface area contributed by atoms with Crippen molar-refractivity contribution in [3.8, 4) is 11.3 Å². The largest absolute Gasteiger partial charge is 0.376 e. The number of carbonyl (C=O) groups excluding carboxylic acids is 1. The smallest absolute Gasteiger partial charge is 0.265 e. The first kappa shape index (κ1) is 14.4. The molecule has 1 saturated heterocycles. The molecule has 0 spiro atoms. The van der Waals surface area contributed by atoms with E-state index in [0.29, 0.717) is 22.1 Å². The van der Waals surface area contributed by atoms with Crippen LogP contribution in [0.1, 0.15) is 22.5 Å². The van der Waals surface area contributed by atoms with Crippen LogP contribution in [-0.2, 0) is 4.74 Å². The van der Waals surface area contributed by atoms with Crippen LogP contribution in [0.2, 0.25) is 5.02 Å². The third kappa shape index (κ3) is 3.40. The first-order valence-electron chi connectivity index (χ1n) is 6.72. The molecular weight excluding hydrogens is 310 g/mol. The van der Waals surface area contributed by atoms with Crippen LogP contribution in [0.4, 0.5) is 0 Å². The highest BCUT2D eigenvalue weighted by Gasteiger charge is 2.20. The van der Waals surface area contributed by atoms with Gasteiger partial charge in [0.15, 0.2) is 0 Å². The average molecular weight is 324 g/mol. The highest BCUT2D eigenvalue weighted by Crippen LogP contribution is 2.25. The lowest BCUT2D eigenvalue weighted by Gasteiger charge is -2.10. The number of hydrogen-bond donors (Lipinski definition) is 1. The van der Waals surface area contributed by atoms with Crippen LogP contribution >= 0.6 is 23.1 Å². The van der Waals surface area contributed by atoms with E-state index in [9.17, 15) is 4.79 Å². The minimum atomic E-state index is -0.162. The number of amides is 1. The summed E-state index contributed by atoms with van der Waals surface area (Å²) in [5, 5.41) is 7.58. The van der Waals surface area contributed by atoms with E-state index in [1.54, 1.807) is 12.1 Å². The number of ether oxygens (including phenoxy) is 1. The van der Waals surface area contributed by atoms with E-state index < -0.39 is 0 Å². The topological polar surface area (TPSA) is 64.1 Å². The number of halogens is 1. The number of benzene rings is 1. The van der Waals surface area contributed by atoms with Crippen molar-refractivity contribution in [3.63, 3.8) is 0 Å². The Morgan fingerprint density at radius 3 is 2.95 bits per heavy atom. The van der Waals surface area contributed by atoms with Gasteiger partial charge in [0, 0.05) is 23.7 Å². The fraction of sp³-hybridized carbons (Fsp3) is 0.357. The molecule has 2 heterocycles. The minimum Gasteiger partial charge on any atom is -0.376 e. The van der Waals surface area contributed by atoms with Crippen LogP contribution in [0.3, 0.4) is 0 Å². The Morgan fingerprint density at radius 2 is 2.24 bits per heavy atom. The molecule has 21 heavy (non-hydrogen) atoms. The molecule has 0 saturated carbocycles. The Kier molecular flexibility index (Phi) is 4.48. The molecule has 1 aliphatic heterocycles. The van der Waals surface area contributed by atoms with Crippen LogP contribution < -0.4 is 5.32 Å². The average Bonchev–Trinajstić information content (AvgIpc) is 3.17. The predicted molar refractivity (Wildman–Crippen MR) is 81.7 cm³/mol. The van der Waals surface area contributed by atoms with E-state index in [-0.39, 0.29) is 12.0 Å². The highest BCUT2D eigenvalue weighted by molar-refractivity contribution is 7.08. The van der Waals surface area contributed by atoms with Crippen molar-refractivity contribution in [2.75, 3.05) is 13.2 Å². The summed E-state index contributed by atoms with van der Waals surface area (Å²) in [5.41, 5.74) is 1.41. The van der Waals surface area contributed by atoms with Crippen molar-refractivity contribution in [2.45, 2.75) is 18.9 Å². The van der Waals surface area contributed by atoms with Crippen LogP contribution in [0.25, 0.3) is 11.3 Å². The summed E-state index contributed by atoms with van der Waals surface area (Å²) < 4.78 is 9.38. The molecule has 2 aromatic rings. The molecule has 1 aromatic heterocycles. The zero-order valence-electron chi connectivity index (χ0n) is 11.2. The van der Waals surface area contributed by atoms with Crippen molar-refractivity contribution in [2.24, 2.45) is 0 Å². The summed E-state index contributed by atoms with van der Waals surface area (Å²) in [6, 6.07) is 7.19. The maximum atomic E-state index is 12.3. The van der Waals surface area contributed by atoms with Crippen molar-refractivity contribution in [1.82, 2.24) is 14.9 Å². The van der Waals surface area contributed by atoms with Crippen molar-refractivity contribution in [3.05, 3.63) is 34.2 Å². The summed E-state index contributed by atoms with van der Waals surface area (Å²) in [5.74, 6) is -0.162. The van der Waals surface area contributed by atoms with Gasteiger partial charge in [0.1, 0.15) is 10.6 Å². The van der Waals surface area contributed by atoms with Gasteiger partial charge >= 0.3 is 0 Å². The monoisotopic (exact) mass is 323 g/mol. The van der Waals surface area contributed by atoms with Gasteiger partial charge in [-0.1, -0.05) is 28.2 Å². The zero-order valence-corrected chi connectivity index (χ0v) is 12.8. The van der Waals surface area contributed by atoms with Crippen molar-refractivity contribution >= 4 is 29.0 Å². The van der Waals surface area contributed by atoms with E-state index in [0.717, 1.165) is 36.5 Å². The standard InChI is InChI=1S/C14H14ClN3O2S/c15-10-5-3-9(4-6-10)12-13(21-18-17-12)14(19)16-8-11-2-1-7-20-11/h3-6,11H,1-2,7-8H2,(H,16,19)/t11-/m1/s1. The highest BCUT2D eigenvalue weighted by atomic mass is 35.5. The van der Waals surface area contributed by atoms with E-state index >= 15 is 0 Å². The SMILES string of the molecule is O=C(NC[C@H]1CCCO1)c1snnc1-c1ccc(Cl)cc1. The molecule has 3 rings (SSSR count). The summed E-state index contributed by atoms with van der Waals surface area (Å²) >= 11 is 6.96. The number of carbonyl (C=O) groups is 1. The first-order chi connectivity index (χ1) is 10.2. The van der Waals surface area contributed by atoms with Gasteiger partial charge in [-0.2, -0.15) is 0 Å². The second-order valence-electron chi connectivity index (χ2n) is 4.80. The van der Waals surface area contributed by atoms with E-state index in [1.807, 2.05) is 12.1 Å². The molecule has 110 valence electrons. The predicted octanol–water partition coefficient (Wildman–Crippen LogP) is 2.77. The molecule has 1 aliphatic rings. The number of hydrogen-bond acceptors (Lipinski definition) is 5. The zero-order chi connectivity index (χ0) is 14.7. The van der Waals surface area contributed by atoms with E-state index in [1.165, 1.54) is 0 Å². The molecule has 7 heteroatoms. The molecule has 0 bridgehead atoms. The maximum Gasteiger partial charge on any atom is 0.265 e. The second kappa shape index (κ2) is 6.51. The third-order valence-electron chi connectivity index (χ3n) is 3.33. The molecule has 1 N–H and O–H groups in total. The van der Waals surface area contributed by atoms with Gasteiger partial charge < -0.3 is 10.1 Å². The summed E-state index contributed by atoms with van der Waals surface area (Å²) in [7, 11) is 0. The van der Waals surface area contributed by atoms with Crippen LogP contribution in [0.15, 0.2) is 24.3 Å². The fourth-order valence-electron chi connectivity index (χ4n) is 2.23. The van der Waals surface area contributed by atoms with E-state index in [2.05, 4.69) is 14.9 Å². The van der Waals surface area contributed by atoms with Crippen LogP contribution in [0.5, 0.6) is 0 Å². The van der Waals surface area contributed by atoms with Crippen LogP contribution in [0, 0.1) is 0 Å². The lowest BCUT2D eigenvalue weighted by atomic mass is 10.1. The Morgan fingerprint density at radius 1 is 1.43 bits per heavy atom. The summed E-state index contributed by atoms with van der Waals surface area (Å²) in [6.45, 7) is 1.30. The summed E-state index contributed by atoms with van der Waals surface area (Å²) in [6.07, 6.45) is 2.16. The molecular formula is C14H14ClN3O2S. The Balaban J connectivity index is 1.72. The first-order valence-corrected chi connectivity index (χ1v) is 7.87. The minimum absolute atomic E-state index is 0.119. The third-order valence-corrected chi connectivity index (χ3v) is 4.30. The maximum absolute atomic E-state index is 12.3. The Labute approximate surface area is 131 Å². The number of rotatable bonds is 4. The number of nitrogens with zero attached hydrogens (tertiary/aromatic N) is 2. The van der Waals surface area contributed by atoms with Crippen LogP contribution in [-0.4, -0.2) is 34.7 Å². The number of nitrogens with one attached hydrogen (secondary N) is 1.